The van der Waals surface area contributed by atoms with Crippen LogP contribution in [0.25, 0.3) is 0 Å². The first-order valence-electron chi connectivity index (χ1n) is 4.07. The zero-order valence-corrected chi connectivity index (χ0v) is 8.24. The van der Waals surface area contributed by atoms with Crippen molar-refractivity contribution >= 4 is 11.9 Å². The van der Waals surface area contributed by atoms with E-state index in [1.165, 1.54) is 0 Å². The van der Waals surface area contributed by atoms with Gasteiger partial charge in [0.05, 0.1) is 5.69 Å². The van der Waals surface area contributed by atoms with Gasteiger partial charge in [-0.15, -0.1) is 0 Å². The minimum absolute atomic E-state index is 0.400. The van der Waals surface area contributed by atoms with Crippen molar-refractivity contribution < 1.29 is 33.0 Å². The third-order valence-electron chi connectivity index (χ3n) is 1.74. The van der Waals surface area contributed by atoms with Crippen LogP contribution in [0.5, 0.6) is 0 Å². The summed E-state index contributed by atoms with van der Waals surface area (Å²) in [6.45, 7) is 1.06. The summed E-state index contributed by atoms with van der Waals surface area (Å²) < 4.78 is 37.3. The molecule has 0 atom stereocenters. The molecule has 9 heteroatoms. The largest absolute Gasteiger partial charge is 0.476 e. The average molecular weight is 250 g/mol. The fourth-order valence-electron chi connectivity index (χ4n) is 1.07. The maximum atomic E-state index is 12.4. The SMILES string of the molecule is Cc1nc(C(=O)O)c(C(F)(F)F)nc1C(=O)O. The van der Waals surface area contributed by atoms with Gasteiger partial charge in [-0.05, 0) is 6.92 Å². The van der Waals surface area contributed by atoms with Crippen LogP contribution in [-0.2, 0) is 6.18 Å². The van der Waals surface area contributed by atoms with E-state index < -0.39 is 40.9 Å². The van der Waals surface area contributed by atoms with E-state index in [4.69, 9.17) is 10.2 Å². The summed E-state index contributed by atoms with van der Waals surface area (Å²) in [4.78, 5) is 27.0. The summed E-state index contributed by atoms with van der Waals surface area (Å²) in [7, 11) is 0. The Hall–Kier alpha value is -2.19. The van der Waals surface area contributed by atoms with Crippen molar-refractivity contribution in [2.45, 2.75) is 13.1 Å². The lowest BCUT2D eigenvalue weighted by Crippen LogP contribution is -2.21. The van der Waals surface area contributed by atoms with Crippen molar-refractivity contribution in [1.29, 1.82) is 0 Å². The number of rotatable bonds is 2. The van der Waals surface area contributed by atoms with Crippen LogP contribution in [0.3, 0.4) is 0 Å². The Morgan fingerprint density at radius 1 is 1.06 bits per heavy atom. The summed E-state index contributed by atoms with van der Waals surface area (Å²) in [5, 5.41) is 17.1. The Kier molecular flexibility index (Phi) is 3.03. The molecule has 92 valence electrons. The second kappa shape index (κ2) is 4.00. The van der Waals surface area contributed by atoms with Crippen LogP contribution in [0.2, 0.25) is 0 Å². The molecule has 1 rings (SSSR count). The number of carboxylic acids is 2. The lowest BCUT2D eigenvalue weighted by Gasteiger charge is -2.10. The van der Waals surface area contributed by atoms with Crippen molar-refractivity contribution in [1.82, 2.24) is 9.97 Å². The number of hydrogen-bond acceptors (Lipinski definition) is 4. The predicted octanol–water partition coefficient (Wildman–Crippen LogP) is 1.20. The predicted molar refractivity (Wildman–Crippen MR) is 45.7 cm³/mol. The first-order chi connectivity index (χ1) is 7.64. The summed E-state index contributed by atoms with van der Waals surface area (Å²) in [6, 6.07) is 0. The van der Waals surface area contributed by atoms with Crippen molar-refractivity contribution in [2.75, 3.05) is 0 Å². The molecule has 0 aromatic carbocycles. The van der Waals surface area contributed by atoms with E-state index in [9.17, 15) is 22.8 Å². The summed E-state index contributed by atoms with van der Waals surface area (Å²) >= 11 is 0. The number of aryl methyl sites for hydroxylation is 1. The highest BCUT2D eigenvalue weighted by Crippen LogP contribution is 2.30. The first kappa shape index (κ1) is 12.9. The number of aromatic carboxylic acids is 2. The third kappa shape index (κ3) is 2.49. The molecule has 0 bridgehead atoms. The molecule has 0 aliphatic heterocycles. The highest BCUT2D eigenvalue weighted by molar-refractivity contribution is 5.90. The van der Waals surface area contributed by atoms with Gasteiger partial charge in [-0.2, -0.15) is 13.2 Å². The minimum atomic E-state index is -5.08. The Labute approximate surface area is 91.7 Å². The van der Waals surface area contributed by atoms with Gasteiger partial charge in [-0.1, -0.05) is 0 Å². The first-order valence-corrected chi connectivity index (χ1v) is 4.07. The fraction of sp³-hybridized carbons (Fsp3) is 0.250. The molecular formula is C8H5F3N2O4. The molecule has 1 aromatic rings. The normalized spacial score (nSPS) is 11.3. The van der Waals surface area contributed by atoms with Gasteiger partial charge in [0.2, 0.25) is 0 Å². The smallest absolute Gasteiger partial charge is 0.435 e. The number of hydrogen-bond donors (Lipinski definition) is 2. The average Bonchev–Trinajstić information content (AvgIpc) is 2.14. The zero-order valence-electron chi connectivity index (χ0n) is 8.24. The highest BCUT2D eigenvalue weighted by Gasteiger charge is 2.39. The van der Waals surface area contributed by atoms with E-state index in [0.717, 1.165) is 6.92 Å². The van der Waals surface area contributed by atoms with Crippen LogP contribution >= 0.6 is 0 Å². The molecule has 0 spiro atoms. The fourth-order valence-corrected chi connectivity index (χ4v) is 1.07. The number of aromatic nitrogens is 2. The number of alkyl halides is 3. The molecule has 0 aliphatic carbocycles. The molecule has 0 unspecified atom stereocenters. The van der Waals surface area contributed by atoms with Gasteiger partial charge in [0.25, 0.3) is 0 Å². The molecule has 0 saturated heterocycles. The van der Waals surface area contributed by atoms with Gasteiger partial charge in [-0.3, -0.25) is 0 Å². The van der Waals surface area contributed by atoms with Crippen LogP contribution in [0.4, 0.5) is 13.2 Å². The van der Waals surface area contributed by atoms with Crippen molar-refractivity contribution in [3.8, 4) is 0 Å². The number of halogens is 3. The molecule has 0 saturated carbocycles. The topological polar surface area (TPSA) is 100 Å². The molecule has 17 heavy (non-hydrogen) atoms. The minimum Gasteiger partial charge on any atom is -0.476 e. The van der Waals surface area contributed by atoms with E-state index >= 15 is 0 Å². The third-order valence-corrected chi connectivity index (χ3v) is 1.74. The summed E-state index contributed by atoms with van der Waals surface area (Å²) in [6.07, 6.45) is -5.08. The molecule has 0 aliphatic rings. The Balaban J connectivity index is 3.60. The number of nitrogens with zero attached hydrogens (tertiary/aromatic N) is 2. The standard InChI is InChI=1S/C8H5F3N2O4/c1-2-3(6(14)15)13-5(8(9,10)11)4(12-2)7(16)17/h1H3,(H,14,15)(H,16,17). The molecular weight excluding hydrogens is 245 g/mol. The molecule has 1 aromatic heterocycles. The van der Waals surface area contributed by atoms with Crippen LogP contribution in [-0.4, -0.2) is 32.1 Å². The molecule has 0 radical (unpaired) electrons. The maximum Gasteiger partial charge on any atom is 0.435 e. The molecule has 2 N–H and O–H groups in total. The van der Waals surface area contributed by atoms with Gasteiger partial charge < -0.3 is 10.2 Å². The second-order valence-corrected chi connectivity index (χ2v) is 2.96. The van der Waals surface area contributed by atoms with Crippen LogP contribution in [0.15, 0.2) is 0 Å². The quantitative estimate of drug-likeness (QED) is 0.817. The van der Waals surface area contributed by atoms with Crippen molar-refractivity contribution in [3.63, 3.8) is 0 Å². The van der Waals surface area contributed by atoms with Gasteiger partial charge in [0.15, 0.2) is 17.1 Å². The van der Waals surface area contributed by atoms with Gasteiger partial charge in [-0.25, -0.2) is 19.6 Å². The van der Waals surface area contributed by atoms with Crippen molar-refractivity contribution in [2.24, 2.45) is 0 Å². The molecule has 6 nitrogen and oxygen atoms in total. The van der Waals surface area contributed by atoms with E-state index in [1.54, 1.807) is 0 Å². The van der Waals surface area contributed by atoms with Gasteiger partial charge in [0, 0.05) is 0 Å². The van der Waals surface area contributed by atoms with Crippen LogP contribution in [0.1, 0.15) is 32.4 Å². The van der Waals surface area contributed by atoms with Gasteiger partial charge >= 0.3 is 18.1 Å². The van der Waals surface area contributed by atoms with E-state index in [-0.39, 0.29) is 0 Å². The zero-order chi connectivity index (χ0) is 13.4. The molecule has 0 fully saturated rings. The Morgan fingerprint density at radius 3 is 1.88 bits per heavy atom. The number of carbonyl (C=O) groups is 2. The Morgan fingerprint density at radius 2 is 1.53 bits per heavy atom. The lowest BCUT2D eigenvalue weighted by atomic mass is 10.2. The monoisotopic (exact) mass is 250 g/mol. The van der Waals surface area contributed by atoms with E-state index in [0.29, 0.717) is 0 Å². The number of carboxylic acid groups (broad SMARTS) is 2. The summed E-state index contributed by atoms with van der Waals surface area (Å²) in [5.41, 5.74) is -4.47. The highest BCUT2D eigenvalue weighted by atomic mass is 19.4. The van der Waals surface area contributed by atoms with E-state index in [2.05, 4.69) is 9.97 Å². The van der Waals surface area contributed by atoms with Crippen LogP contribution < -0.4 is 0 Å². The molecule has 0 amide bonds. The lowest BCUT2D eigenvalue weighted by molar-refractivity contribution is -0.142. The van der Waals surface area contributed by atoms with Crippen molar-refractivity contribution in [3.05, 3.63) is 22.8 Å². The summed E-state index contributed by atoms with van der Waals surface area (Å²) in [5.74, 6) is -3.64. The second-order valence-electron chi connectivity index (χ2n) is 2.96. The van der Waals surface area contributed by atoms with E-state index in [1.807, 2.05) is 0 Å². The molecule has 1 heterocycles. The Bertz CT molecular complexity index is 498. The maximum absolute atomic E-state index is 12.4. The van der Waals surface area contributed by atoms with Gasteiger partial charge in [0.1, 0.15) is 0 Å². The van der Waals surface area contributed by atoms with Crippen LogP contribution in [0, 0.1) is 6.92 Å².